The summed E-state index contributed by atoms with van der Waals surface area (Å²) in [6.07, 6.45) is 0. The van der Waals surface area contributed by atoms with Crippen LogP contribution in [0.1, 0.15) is 54.2 Å². The zero-order chi connectivity index (χ0) is 42.6. The predicted octanol–water partition coefficient (Wildman–Crippen LogP) is 14.7. The van der Waals surface area contributed by atoms with Gasteiger partial charge in [0.1, 0.15) is 0 Å². The molecule has 0 radical (unpaired) electrons. The highest BCUT2D eigenvalue weighted by atomic mass is 32.1. The Kier molecular flexibility index (Phi) is 7.24. The van der Waals surface area contributed by atoms with Crippen molar-refractivity contribution in [2.45, 2.75) is 38.5 Å². The van der Waals surface area contributed by atoms with Crippen LogP contribution in [0.5, 0.6) is 0 Å². The normalized spacial score (nSPS) is 14.6. The number of benzene rings is 9. The van der Waals surface area contributed by atoms with E-state index in [4.69, 9.17) is 0 Å². The van der Waals surface area contributed by atoms with Crippen LogP contribution in [0, 0.1) is 6.92 Å². The van der Waals surface area contributed by atoms with Gasteiger partial charge in [-0.1, -0.05) is 172 Å². The molecule has 302 valence electrons. The van der Waals surface area contributed by atoms with E-state index in [9.17, 15) is 0 Å². The lowest BCUT2D eigenvalue weighted by atomic mass is 9.42. The minimum atomic E-state index is -0.480. The van der Waals surface area contributed by atoms with E-state index < -0.39 is 5.41 Å². The Balaban J connectivity index is 1.15. The van der Waals surface area contributed by atoms with E-state index in [0.29, 0.717) is 0 Å². The van der Waals surface area contributed by atoms with E-state index in [1.54, 1.807) is 0 Å². The highest BCUT2D eigenvalue weighted by Crippen LogP contribution is 2.65. The van der Waals surface area contributed by atoms with Gasteiger partial charge >= 0.3 is 6.85 Å². The van der Waals surface area contributed by atoms with Crippen LogP contribution < -0.4 is 20.6 Å². The largest absolute Gasteiger partial charge is 0.376 e. The van der Waals surface area contributed by atoms with Crippen molar-refractivity contribution >= 4 is 77.7 Å². The maximum absolute atomic E-state index is 2.76. The lowest BCUT2D eigenvalue weighted by Gasteiger charge is -2.52. The number of hydrogen-bond acceptors (Lipinski definition) is 3. The molecular weight excluding hydrogens is 792 g/mol. The number of anilines is 5. The monoisotopic (exact) mass is 834 g/mol. The molecule has 3 aliphatic heterocycles. The maximum Gasteiger partial charge on any atom is 0.333 e. The third kappa shape index (κ3) is 4.56. The highest BCUT2D eigenvalue weighted by molar-refractivity contribution is 7.26. The Hall–Kier alpha value is -7.14. The summed E-state index contributed by atoms with van der Waals surface area (Å²) in [5, 5.41) is 2.63. The van der Waals surface area contributed by atoms with Crippen LogP contribution in [0.2, 0.25) is 0 Å². The van der Waals surface area contributed by atoms with Crippen LogP contribution in [-0.4, -0.2) is 6.85 Å². The minimum absolute atomic E-state index is 0.0208. The molecule has 1 spiro atoms. The first kappa shape index (κ1) is 36.4. The van der Waals surface area contributed by atoms with Gasteiger partial charge in [0, 0.05) is 48.4 Å². The molecule has 2 nitrogen and oxygen atoms in total. The Morgan fingerprint density at radius 2 is 1.16 bits per heavy atom. The summed E-state index contributed by atoms with van der Waals surface area (Å²) in [6, 6.07) is 72.0. The third-order valence-corrected chi connectivity index (χ3v) is 16.0. The first-order chi connectivity index (χ1) is 31.3. The van der Waals surface area contributed by atoms with Crippen LogP contribution in [-0.2, 0) is 10.8 Å². The predicted molar refractivity (Wildman–Crippen MR) is 273 cm³/mol. The van der Waals surface area contributed by atoms with E-state index in [1.165, 1.54) is 126 Å². The van der Waals surface area contributed by atoms with Crippen molar-refractivity contribution in [2.75, 3.05) is 9.71 Å². The summed E-state index contributed by atoms with van der Waals surface area (Å²) >= 11 is 1.91. The van der Waals surface area contributed by atoms with Crippen LogP contribution >= 0.6 is 11.3 Å². The van der Waals surface area contributed by atoms with E-state index in [2.05, 4.69) is 225 Å². The Morgan fingerprint density at radius 3 is 1.94 bits per heavy atom. The molecule has 4 aliphatic rings. The topological polar surface area (TPSA) is 6.48 Å². The molecule has 10 aromatic rings. The Bertz CT molecular complexity index is 3600. The molecule has 0 fully saturated rings. The summed E-state index contributed by atoms with van der Waals surface area (Å²) in [4.78, 5) is 5.43. The molecule has 0 saturated heterocycles. The molecule has 0 saturated carbocycles. The zero-order valence-corrected chi connectivity index (χ0v) is 37.1. The second-order valence-corrected chi connectivity index (χ2v) is 20.3. The van der Waals surface area contributed by atoms with Crippen molar-refractivity contribution in [3.63, 3.8) is 0 Å². The molecule has 4 heteroatoms. The smallest absolute Gasteiger partial charge is 0.333 e. The summed E-state index contributed by atoms with van der Waals surface area (Å²) in [5.41, 5.74) is 24.2. The van der Waals surface area contributed by atoms with Gasteiger partial charge in [-0.25, -0.2) is 0 Å². The summed E-state index contributed by atoms with van der Waals surface area (Å²) in [5.74, 6) is 0. The fourth-order valence-corrected chi connectivity index (χ4v) is 13.4. The minimum Gasteiger partial charge on any atom is -0.376 e. The standard InChI is InChI=1S/C60H43BN2S/c1-36-33-44-41-22-16-26-48-57(41)63(51-27-14-13-25-47(51)60(48)45-23-11-8-19-39(45)40-20-9-12-24-46(40)60)61-49-30-32-54-55(42-21-10-15-28-53(42)64-54)58(49)62(52(34-36)56(44)61)50-31-29-38(59(2,3)4)35-43(50)37-17-6-5-7-18-37/h5-35H,1-4H3. The van der Waals surface area contributed by atoms with E-state index in [0.717, 1.165) is 0 Å². The Labute approximate surface area is 378 Å². The number of rotatable bonds is 2. The van der Waals surface area contributed by atoms with Gasteiger partial charge in [0.2, 0.25) is 0 Å². The highest BCUT2D eigenvalue weighted by Gasteiger charge is 2.56. The number of aryl methyl sites for hydroxylation is 1. The molecule has 0 atom stereocenters. The van der Waals surface area contributed by atoms with Gasteiger partial charge in [0.05, 0.1) is 16.8 Å². The van der Waals surface area contributed by atoms with Crippen LogP contribution in [0.3, 0.4) is 0 Å². The number of nitrogens with zero attached hydrogens (tertiary/aromatic N) is 2. The third-order valence-electron chi connectivity index (χ3n) is 14.8. The van der Waals surface area contributed by atoms with Crippen molar-refractivity contribution in [1.82, 2.24) is 0 Å². The van der Waals surface area contributed by atoms with E-state index in [-0.39, 0.29) is 12.3 Å². The second-order valence-electron chi connectivity index (χ2n) is 19.2. The molecule has 64 heavy (non-hydrogen) atoms. The number of fused-ring (bicyclic) bond motifs is 17. The van der Waals surface area contributed by atoms with E-state index in [1.807, 2.05) is 11.3 Å². The van der Waals surface area contributed by atoms with Gasteiger partial charge in [-0.3, -0.25) is 0 Å². The molecule has 0 amide bonds. The maximum atomic E-state index is 2.76. The molecule has 1 aromatic heterocycles. The zero-order valence-electron chi connectivity index (χ0n) is 36.3. The van der Waals surface area contributed by atoms with Crippen LogP contribution in [0.15, 0.2) is 188 Å². The van der Waals surface area contributed by atoms with Gasteiger partial charge in [0.15, 0.2) is 0 Å². The molecule has 9 aromatic carbocycles. The van der Waals surface area contributed by atoms with Crippen molar-refractivity contribution < 1.29 is 0 Å². The Morgan fingerprint density at radius 1 is 0.484 bits per heavy atom. The first-order valence-corrected chi connectivity index (χ1v) is 23.4. The van der Waals surface area contributed by atoms with Crippen molar-refractivity contribution in [1.29, 1.82) is 0 Å². The molecule has 14 rings (SSSR count). The van der Waals surface area contributed by atoms with Crippen LogP contribution in [0.4, 0.5) is 28.4 Å². The van der Waals surface area contributed by atoms with Crippen molar-refractivity contribution in [2.24, 2.45) is 0 Å². The van der Waals surface area contributed by atoms with E-state index >= 15 is 0 Å². The lowest BCUT2D eigenvalue weighted by Crippen LogP contribution is -2.63. The summed E-state index contributed by atoms with van der Waals surface area (Å²) in [6.45, 7) is 9.18. The molecule has 0 N–H and O–H groups in total. The number of thiophene rings is 1. The molecular formula is C60H43BN2S. The molecule has 1 aliphatic carbocycles. The quantitative estimate of drug-likeness (QED) is 0.160. The molecule has 0 unspecified atom stereocenters. The summed E-state index contributed by atoms with van der Waals surface area (Å²) < 4.78 is 2.62. The number of hydrogen-bond donors (Lipinski definition) is 0. The van der Waals surface area contributed by atoms with Gasteiger partial charge in [-0.15, -0.1) is 11.3 Å². The van der Waals surface area contributed by atoms with Crippen LogP contribution in [0.25, 0.3) is 53.6 Å². The van der Waals surface area contributed by atoms with Gasteiger partial charge in [-0.05, 0) is 115 Å². The molecule has 0 bridgehead atoms. The first-order valence-electron chi connectivity index (χ1n) is 22.6. The van der Waals surface area contributed by atoms with Crippen molar-refractivity contribution in [3.8, 4) is 33.4 Å². The molecule has 4 heterocycles. The average molecular weight is 835 g/mol. The average Bonchev–Trinajstić information content (AvgIpc) is 3.85. The second kappa shape index (κ2) is 12.7. The number of para-hydroxylation sites is 2. The lowest BCUT2D eigenvalue weighted by molar-refractivity contribution is 0.590. The van der Waals surface area contributed by atoms with Crippen molar-refractivity contribution in [3.05, 3.63) is 221 Å². The van der Waals surface area contributed by atoms with Gasteiger partial charge in [-0.2, -0.15) is 0 Å². The van der Waals surface area contributed by atoms with Gasteiger partial charge < -0.3 is 9.71 Å². The van der Waals surface area contributed by atoms with Gasteiger partial charge in [0.25, 0.3) is 0 Å². The fraction of sp³-hybridized carbons (Fsp3) is 0.100. The summed E-state index contributed by atoms with van der Waals surface area (Å²) in [7, 11) is 0. The SMILES string of the molecule is Cc1cc2c3c(c1)N(c1ccc(C(C)(C)C)cc1-c1ccccc1)c1c(ccc4sc5ccccc5c14)B3N1c3ccccc3C3(c4ccccc4-c4ccccc43)c3cccc-2c31. The fourth-order valence-electron chi connectivity index (χ4n) is 12.3.